The van der Waals surface area contributed by atoms with Crippen molar-refractivity contribution in [2.24, 2.45) is 0 Å². The Morgan fingerprint density at radius 1 is 1.19 bits per heavy atom. The third-order valence-corrected chi connectivity index (χ3v) is 7.81. The first kappa shape index (κ1) is 19.5. The zero-order chi connectivity index (χ0) is 18.7. The predicted octanol–water partition coefficient (Wildman–Crippen LogP) is 2.74. The molecule has 2 aliphatic heterocycles. The number of nitro groups is 1. The number of hydrogen-bond acceptors (Lipinski definition) is 6. The lowest BCUT2D eigenvalue weighted by Crippen LogP contribution is -2.47. The van der Waals surface area contributed by atoms with E-state index in [0.29, 0.717) is 57.7 Å². The Morgan fingerprint density at radius 3 is 2.46 bits per heavy atom. The smallest absolute Gasteiger partial charge is 0.292 e. The highest BCUT2D eigenvalue weighted by molar-refractivity contribution is 9.10. The van der Waals surface area contributed by atoms with Crippen molar-refractivity contribution < 1.29 is 18.1 Å². The van der Waals surface area contributed by atoms with E-state index in [1.54, 1.807) is 16.4 Å². The van der Waals surface area contributed by atoms with Crippen LogP contribution < -0.4 is 5.32 Å². The first-order chi connectivity index (χ1) is 12.4. The van der Waals surface area contributed by atoms with Gasteiger partial charge in [0.1, 0.15) is 5.69 Å². The highest BCUT2D eigenvalue weighted by Gasteiger charge is 2.35. The molecule has 0 unspecified atom stereocenters. The second kappa shape index (κ2) is 8.20. The Labute approximate surface area is 161 Å². The fourth-order valence-corrected chi connectivity index (χ4v) is 5.73. The molecule has 0 aliphatic carbocycles. The normalized spacial score (nSPS) is 20.8. The minimum absolute atomic E-state index is 0.00383. The molecule has 10 heteroatoms. The van der Waals surface area contributed by atoms with Crippen LogP contribution in [0.5, 0.6) is 0 Å². The van der Waals surface area contributed by atoms with Crippen LogP contribution in [0.15, 0.2) is 22.7 Å². The zero-order valence-corrected chi connectivity index (χ0v) is 16.7. The first-order valence-corrected chi connectivity index (χ1v) is 10.9. The topological polar surface area (TPSA) is 102 Å². The molecule has 2 saturated heterocycles. The molecule has 3 rings (SSSR count). The fraction of sp³-hybridized carbons (Fsp3) is 0.625. The monoisotopic (exact) mass is 447 g/mol. The fourth-order valence-electron chi connectivity index (χ4n) is 3.44. The van der Waals surface area contributed by atoms with E-state index in [4.69, 9.17) is 4.74 Å². The molecular formula is C16H22BrN3O5S. The van der Waals surface area contributed by atoms with Crippen LogP contribution >= 0.6 is 15.9 Å². The van der Waals surface area contributed by atoms with E-state index in [-0.39, 0.29) is 17.0 Å². The summed E-state index contributed by atoms with van der Waals surface area (Å²) in [5, 5.41) is 14.0. The number of piperidine rings is 1. The van der Waals surface area contributed by atoms with Crippen molar-refractivity contribution in [1.29, 1.82) is 0 Å². The van der Waals surface area contributed by atoms with Gasteiger partial charge in [0.05, 0.1) is 10.2 Å². The van der Waals surface area contributed by atoms with Crippen molar-refractivity contribution >= 4 is 37.3 Å². The Kier molecular flexibility index (Phi) is 6.16. The average Bonchev–Trinajstić information content (AvgIpc) is 2.63. The maximum Gasteiger partial charge on any atom is 0.292 e. The molecule has 0 saturated carbocycles. The van der Waals surface area contributed by atoms with Crippen LogP contribution in [0.3, 0.4) is 0 Å². The third kappa shape index (κ3) is 4.36. The SMILES string of the molecule is O=[N+]([O-])c1ccc(Br)cc1NC1CCN(S(=O)(=O)C2CCOCC2)CC1. The van der Waals surface area contributed by atoms with Gasteiger partial charge < -0.3 is 10.1 Å². The molecule has 26 heavy (non-hydrogen) atoms. The van der Waals surface area contributed by atoms with E-state index in [1.165, 1.54) is 6.07 Å². The highest BCUT2D eigenvalue weighted by Crippen LogP contribution is 2.30. The molecule has 0 bridgehead atoms. The summed E-state index contributed by atoms with van der Waals surface area (Å²) in [4.78, 5) is 10.8. The molecule has 2 aliphatic rings. The quantitative estimate of drug-likeness (QED) is 0.549. The minimum atomic E-state index is -3.30. The summed E-state index contributed by atoms with van der Waals surface area (Å²) < 4.78 is 33.1. The van der Waals surface area contributed by atoms with Crippen LogP contribution in [-0.4, -0.2) is 55.2 Å². The molecule has 0 radical (unpaired) electrons. The van der Waals surface area contributed by atoms with Crippen molar-refractivity contribution in [3.63, 3.8) is 0 Å². The van der Waals surface area contributed by atoms with E-state index in [1.807, 2.05) is 0 Å². The van der Waals surface area contributed by atoms with E-state index in [9.17, 15) is 18.5 Å². The predicted molar refractivity (Wildman–Crippen MR) is 102 cm³/mol. The van der Waals surface area contributed by atoms with Crippen LogP contribution in [0.4, 0.5) is 11.4 Å². The number of halogens is 1. The van der Waals surface area contributed by atoms with Crippen molar-refractivity contribution in [3.05, 3.63) is 32.8 Å². The summed E-state index contributed by atoms with van der Waals surface area (Å²) in [5.41, 5.74) is 0.473. The van der Waals surface area contributed by atoms with Gasteiger partial charge in [0.2, 0.25) is 10.0 Å². The van der Waals surface area contributed by atoms with Gasteiger partial charge in [0.25, 0.3) is 5.69 Å². The third-order valence-electron chi connectivity index (χ3n) is 4.92. The number of ether oxygens (including phenoxy) is 1. The lowest BCUT2D eigenvalue weighted by atomic mass is 10.1. The summed E-state index contributed by atoms with van der Waals surface area (Å²) in [6, 6.07) is 4.77. The molecule has 1 N–H and O–H groups in total. The van der Waals surface area contributed by atoms with E-state index < -0.39 is 14.9 Å². The number of nitrogens with one attached hydrogen (secondary N) is 1. The van der Waals surface area contributed by atoms with Gasteiger partial charge in [-0.15, -0.1) is 0 Å². The standard InChI is InChI=1S/C16H22BrN3O5S/c17-12-1-2-16(20(21)22)15(11-12)18-13-3-7-19(8-4-13)26(23,24)14-5-9-25-10-6-14/h1-2,11,13-14,18H,3-10H2. The van der Waals surface area contributed by atoms with Crippen molar-refractivity contribution in [2.75, 3.05) is 31.6 Å². The Balaban J connectivity index is 1.62. The number of nitrogens with zero attached hydrogens (tertiary/aromatic N) is 2. The largest absolute Gasteiger partial charge is 0.381 e. The maximum absolute atomic E-state index is 12.7. The molecular weight excluding hydrogens is 426 g/mol. The Bertz CT molecular complexity index is 759. The lowest BCUT2D eigenvalue weighted by Gasteiger charge is -2.35. The molecule has 144 valence electrons. The number of hydrogen-bond donors (Lipinski definition) is 1. The van der Waals surface area contributed by atoms with Gasteiger partial charge >= 0.3 is 0 Å². The average molecular weight is 448 g/mol. The molecule has 0 spiro atoms. The van der Waals surface area contributed by atoms with Gasteiger partial charge in [-0.1, -0.05) is 15.9 Å². The molecule has 1 aromatic carbocycles. The summed E-state index contributed by atoms with van der Waals surface area (Å²) >= 11 is 3.33. The molecule has 2 fully saturated rings. The van der Waals surface area contributed by atoms with Crippen LogP contribution in [-0.2, 0) is 14.8 Å². The van der Waals surface area contributed by atoms with Gasteiger partial charge in [0, 0.05) is 42.9 Å². The molecule has 2 heterocycles. The number of rotatable bonds is 5. The second-order valence-corrected chi connectivity index (χ2v) is 9.72. The van der Waals surface area contributed by atoms with Gasteiger partial charge in [-0.3, -0.25) is 10.1 Å². The summed E-state index contributed by atoms with van der Waals surface area (Å²) in [5.74, 6) is 0. The lowest BCUT2D eigenvalue weighted by molar-refractivity contribution is -0.384. The van der Waals surface area contributed by atoms with Crippen LogP contribution in [0.2, 0.25) is 0 Å². The van der Waals surface area contributed by atoms with Crippen molar-refractivity contribution in [3.8, 4) is 0 Å². The number of sulfonamides is 1. The van der Waals surface area contributed by atoms with E-state index in [0.717, 1.165) is 4.47 Å². The molecule has 0 atom stereocenters. The number of benzene rings is 1. The second-order valence-electron chi connectivity index (χ2n) is 6.59. The summed E-state index contributed by atoms with van der Waals surface area (Å²) in [6.45, 7) is 1.85. The van der Waals surface area contributed by atoms with Crippen molar-refractivity contribution in [2.45, 2.75) is 37.0 Å². The Morgan fingerprint density at radius 2 is 1.85 bits per heavy atom. The van der Waals surface area contributed by atoms with Gasteiger partial charge in [-0.2, -0.15) is 0 Å². The molecule has 1 aromatic rings. The highest BCUT2D eigenvalue weighted by atomic mass is 79.9. The van der Waals surface area contributed by atoms with Gasteiger partial charge in [-0.05, 0) is 37.8 Å². The summed E-state index contributed by atoms with van der Waals surface area (Å²) in [6.07, 6.45) is 2.33. The minimum Gasteiger partial charge on any atom is -0.381 e. The van der Waals surface area contributed by atoms with Crippen molar-refractivity contribution in [1.82, 2.24) is 4.31 Å². The van der Waals surface area contributed by atoms with Gasteiger partial charge in [0.15, 0.2) is 0 Å². The van der Waals surface area contributed by atoms with Gasteiger partial charge in [-0.25, -0.2) is 12.7 Å². The van der Waals surface area contributed by atoms with Crippen LogP contribution in [0, 0.1) is 10.1 Å². The van der Waals surface area contributed by atoms with E-state index in [2.05, 4.69) is 21.2 Å². The zero-order valence-electron chi connectivity index (χ0n) is 14.3. The molecule has 8 nitrogen and oxygen atoms in total. The van der Waals surface area contributed by atoms with Crippen LogP contribution in [0.1, 0.15) is 25.7 Å². The Hall–Kier alpha value is -1.23. The first-order valence-electron chi connectivity index (χ1n) is 8.65. The molecule has 0 aromatic heterocycles. The number of anilines is 1. The maximum atomic E-state index is 12.7. The number of nitro benzene ring substituents is 1. The molecule has 0 amide bonds. The van der Waals surface area contributed by atoms with Crippen LogP contribution in [0.25, 0.3) is 0 Å². The summed E-state index contributed by atoms with van der Waals surface area (Å²) in [7, 11) is -3.30. The van der Waals surface area contributed by atoms with E-state index >= 15 is 0 Å².